The summed E-state index contributed by atoms with van der Waals surface area (Å²) in [5.41, 5.74) is 5.12. The van der Waals surface area contributed by atoms with Gasteiger partial charge in [-0.15, -0.1) is 0 Å². The fourth-order valence-corrected chi connectivity index (χ4v) is 1.60. The van der Waals surface area contributed by atoms with Crippen molar-refractivity contribution >= 4 is 23.9 Å². The number of carbonyl (C=O) groups is 3. The van der Waals surface area contributed by atoms with Gasteiger partial charge in [0.25, 0.3) is 0 Å². The summed E-state index contributed by atoms with van der Waals surface area (Å²) in [5, 5.41) is 30.0. The largest absolute Gasteiger partial charge is 0.505 e. The van der Waals surface area contributed by atoms with Gasteiger partial charge < -0.3 is 31.2 Å². The first-order valence-corrected chi connectivity index (χ1v) is 5.61. The first-order chi connectivity index (χ1) is 9.36. The van der Waals surface area contributed by atoms with Crippen LogP contribution in [-0.4, -0.2) is 45.6 Å². The molecule has 0 spiro atoms. The number of aliphatic carboxylic acids is 1. The third kappa shape index (κ3) is 3.69. The maximum Gasteiger partial charge on any atom is 0.339 e. The number of hydrogen-bond acceptors (Lipinski definition) is 6. The molecule has 0 aromatic heterocycles. The Hall–Kier alpha value is -2.61. The topological polar surface area (TPSA) is 150 Å². The van der Waals surface area contributed by atoms with Gasteiger partial charge in [0.05, 0.1) is 24.2 Å². The van der Waals surface area contributed by atoms with Gasteiger partial charge in [0.1, 0.15) is 11.8 Å². The number of carbonyl (C=O) groups excluding carboxylic acids is 1. The van der Waals surface area contributed by atoms with Gasteiger partial charge in [-0.1, -0.05) is 6.07 Å². The van der Waals surface area contributed by atoms with E-state index in [4.69, 9.17) is 15.9 Å². The molecule has 8 nitrogen and oxygen atoms in total. The minimum Gasteiger partial charge on any atom is -0.505 e. The van der Waals surface area contributed by atoms with Crippen LogP contribution in [0.1, 0.15) is 16.8 Å². The second-order valence-corrected chi connectivity index (χ2v) is 4.07. The summed E-state index contributed by atoms with van der Waals surface area (Å²) in [6.07, 6.45) is -0.0879. The van der Waals surface area contributed by atoms with Gasteiger partial charge in [-0.25, -0.2) is 4.79 Å². The molecule has 1 rings (SSSR count). The molecule has 0 fully saturated rings. The van der Waals surface area contributed by atoms with Crippen LogP contribution >= 0.6 is 0 Å². The van der Waals surface area contributed by atoms with Gasteiger partial charge in [-0.3, -0.25) is 4.79 Å². The normalized spacial score (nSPS) is 13.2. The Labute approximate surface area is 113 Å². The number of phenols is 1. The number of rotatable bonds is 7. The molecule has 0 bridgehead atoms. The summed E-state index contributed by atoms with van der Waals surface area (Å²) in [7, 11) is 0. The number of aldehydes is 1. The first-order valence-electron chi connectivity index (χ1n) is 5.61. The molecule has 1 unspecified atom stereocenters. The number of aromatic hydroxyl groups is 1. The molecule has 6 N–H and O–H groups in total. The van der Waals surface area contributed by atoms with E-state index in [9.17, 15) is 19.5 Å². The molecule has 108 valence electrons. The van der Waals surface area contributed by atoms with Crippen LogP contribution in [0, 0.1) is 0 Å². The highest BCUT2D eigenvalue weighted by Gasteiger charge is 2.22. The van der Waals surface area contributed by atoms with Crippen molar-refractivity contribution in [1.82, 2.24) is 0 Å². The number of nitrogens with one attached hydrogen (secondary N) is 1. The molecular weight excluding hydrogens is 268 g/mol. The number of aromatic carboxylic acids is 1. The molecule has 0 aliphatic carbocycles. The van der Waals surface area contributed by atoms with E-state index in [0.29, 0.717) is 6.29 Å². The summed E-state index contributed by atoms with van der Waals surface area (Å²) in [6.45, 7) is 0. The molecule has 0 heterocycles. The minimum atomic E-state index is -1.33. The molecule has 1 aromatic rings. The van der Waals surface area contributed by atoms with E-state index in [0.717, 1.165) is 0 Å². The van der Waals surface area contributed by atoms with Crippen molar-refractivity contribution in [2.24, 2.45) is 5.73 Å². The SMILES string of the molecule is N[C@H](C=O)C(CC(=O)O)Nc1cccc(C(=O)O)c1O. The van der Waals surface area contributed by atoms with E-state index in [-0.39, 0.29) is 11.3 Å². The van der Waals surface area contributed by atoms with Gasteiger partial charge in [-0.2, -0.15) is 0 Å². The number of benzene rings is 1. The molecule has 0 saturated carbocycles. The number of hydrogen-bond donors (Lipinski definition) is 5. The highest BCUT2D eigenvalue weighted by molar-refractivity contribution is 5.93. The molecule has 0 saturated heterocycles. The van der Waals surface area contributed by atoms with Gasteiger partial charge in [0.15, 0.2) is 5.75 Å². The molecule has 20 heavy (non-hydrogen) atoms. The number of nitrogens with two attached hydrogens (primary N) is 1. The molecular formula is C12H14N2O6. The first kappa shape index (κ1) is 15.4. The van der Waals surface area contributed by atoms with Crippen LogP contribution in [0.15, 0.2) is 18.2 Å². The average molecular weight is 282 g/mol. The molecule has 0 aliphatic rings. The lowest BCUT2D eigenvalue weighted by atomic mass is 10.1. The third-order valence-corrected chi connectivity index (χ3v) is 2.62. The number of carboxylic acids is 2. The predicted octanol–water partition coefficient (Wildman–Crippen LogP) is -0.128. The summed E-state index contributed by atoms with van der Waals surface area (Å²) in [5.74, 6) is -3.07. The van der Waals surface area contributed by atoms with E-state index >= 15 is 0 Å². The fourth-order valence-electron chi connectivity index (χ4n) is 1.60. The zero-order valence-corrected chi connectivity index (χ0v) is 10.3. The van der Waals surface area contributed by atoms with Crippen molar-refractivity contribution < 1.29 is 29.7 Å². The van der Waals surface area contributed by atoms with Crippen LogP contribution in [0.4, 0.5) is 5.69 Å². The summed E-state index contributed by atoms with van der Waals surface area (Å²) >= 11 is 0. The van der Waals surface area contributed by atoms with Crippen LogP contribution in [0.3, 0.4) is 0 Å². The number of para-hydroxylation sites is 1. The molecule has 1 aromatic carbocycles. The second-order valence-electron chi connectivity index (χ2n) is 4.07. The van der Waals surface area contributed by atoms with E-state index in [1.807, 2.05) is 0 Å². The number of anilines is 1. The van der Waals surface area contributed by atoms with Crippen molar-refractivity contribution in [1.29, 1.82) is 0 Å². The Bertz CT molecular complexity index is 531. The Morgan fingerprint density at radius 1 is 1.35 bits per heavy atom. The van der Waals surface area contributed by atoms with Crippen molar-refractivity contribution in [3.63, 3.8) is 0 Å². The van der Waals surface area contributed by atoms with Crippen LogP contribution in [-0.2, 0) is 9.59 Å². The summed E-state index contributed by atoms with van der Waals surface area (Å²) < 4.78 is 0. The van der Waals surface area contributed by atoms with Crippen molar-refractivity contribution in [2.45, 2.75) is 18.5 Å². The lowest BCUT2D eigenvalue weighted by Gasteiger charge is -2.21. The fraction of sp³-hybridized carbons (Fsp3) is 0.250. The van der Waals surface area contributed by atoms with Crippen molar-refractivity contribution in [3.8, 4) is 5.75 Å². The maximum atomic E-state index is 10.9. The minimum absolute atomic E-state index is 0.00606. The second kappa shape index (κ2) is 6.53. The summed E-state index contributed by atoms with van der Waals surface area (Å²) in [6, 6.07) is 1.83. The Balaban J connectivity index is 3.04. The number of carboxylic acid groups (broad SMARTS) is 2. The van der Waals surface area contributed by atoms with Crippen molar-refractivity contribution in [3.05, 3.63) is 23.8 Å². The maximum absolute atomic E-state index is 10.9. The van der Waals surface area contributed by atoms with Crippen molar-refractivity contribution in [2.75, 3.05) is 5.32 Å². The lowest BCUT2D eigenvalue weighted by Crippen LogP contribution is -2.43. The standard InChI is InChI=1S/C12H14N2O6/c13-7(5-15)9(4-10(16)17)14-8-3-1-2-6(11(8)18)12(19)20/h1-3,5,7,9,14,18H,4,13H2,(H,16,17)(H,19,20)/t7-,9?/m1/s1. The highest BCUT2D eigenvalue weighted by Crippen LogP contribution is 2.28. The van der Waals surface area contributed by atoms with Gasteiger partial charge in [0, 0.05) is 0 Å². The van der Waals surface area contributed by atoms with Crippen LogP contribution in [0.25, 0.3) is 0 Å². The Kier molecular flexibility index (Phi) is 5.04. The molecule has 0 radical (unpaired) electrons. The third-order valence-electron chi connectivity index (χ3n) is 2.62. The predicted molar refractivity (Wildman–Crippen MR) is 68.8 cm³/mol. The molecule has 0 amide bonds. The zero-order valence-electron chi connectivity index (χ0n) is 10.3. The van der Waals surface area contributed by atoms with E-state index < -0.39 is 36.2 Å². The van der Waals surface area contributed by atoms with E-state index in [1.165, 1.54) is 18.2 Å². The van der Waals surface area contributed by atoms with Gasteiger partial charge in [-0.05, 0) is 12.1 Å². The van der Waals surface area contributed by atoms with Crippen LogP contribution < -0.4 is 11.1 Å². The molecule has 0 aliphatic heterocycles. The van der Waals surface area contributed by atoms with E-state index in [2.05, 4.69) is 5.32 Å². The quantitative estimate of drug-likeness (QED) is 0.343. The summed E-state index contributed by atoms with van der Waals surface area (Å²) in [4.78, 5) is 32.2. The lowest BCUT2D eigenvalue weighted by molar-refractivity contribution is -0.137. The average Bonchev–Trinajstić information content (AvgIpc) is 2.38. The zero-order chi connectivity index (χ0) is 15.3. The Morgan fingerprint density at radius 3 is 2.50 bits per heavy atom. The van der Waals surface area contributed by atoms with Crippen LogP contribution in [0.2, 0.25) is 0 Å². The van der Waals surface area contributed by atoms with Gasteiger partial charge in [0.2, 0.25) is 0 Å². The van der Waals surface area contributed by atoms with Crippen LogP contribution in [0.5, 0.6) is 5.75 Å². The monoisotopic (exact) mass is 282 g/mol. The van der Waals surface area contributed by atoms with Gasteiger partial charge >= 0.3 is 11.9 Å². The molecule has 2 atom stereocenters. The molecule has 8 heteroatoms. The van der Waals surface area contributed by atoms with E-state index in [1.54, 1.807) is 0 Å². The Morgan fingerprint density at radius 2 is 2.00 bits per heavy atom. The highest BCUT2D eigenvalue weighted by atomic mass is 16.4. The smallest absolute Gasteiger partial charge is 0.339 e.